The van der Waals surface area contributed by atoms with Crippen LogP contribution in [0.25, 0.3) is 21.9 Å². The third-order valence-electron chi connectivity index (χ3n) is 4.94. The second-order valence-electron chi connectivity index (χ2n) is 6.79. The first kappa shape index (κ1) is 17.6. The Morgan fingerprint density at radius 2 is 2.10 bits per heavy atom. The fourth-order valence-electron chi connectivity index (χ4n) is 3.58. The van der Waals surface area contributed by atoms with E-state index in [4.69, 9.17) is 15.2 Å². The van der Waals surface area contributed by atoms with Crippen molar-refractivity contribution in [3.63, 3.8) is 0 Å². The summed E-state index contributed by atoms with van der Waals surface area (Å²) in [6, 6.07) is 1.53. The summed E-state index contributed by atoms with van der Waals surface area (Å²) in [5.41, 5.74) is 8.21. The minimum Gasteiger partial charge on any atom is -0.472 e. The fraction of sp³-hybridized carbons (Fsp3) is 0.263. The van der Waals surface area contributed by atoms with Crippen molar-refractivity contribution in [1.82, 2.24) is 24.9 Å². The average molecular weight is 395 g/mol. The minimum absolute atomic E-state index is 0.0669. The normalized spacial score (nSPS) is 15.5. The van der Waals surface area contributed by atoms with Gasteiger partial charge >= 0.3 is 6.01 Å². The van der Waals surface area contributed by atoms with E-state index in [2.05, 4.69) is 30.2 Å². The summed E-state index contributed by atoms with van der Waals surface area (Å²) in [7, 11) is 1.73. The van der Waals surface area contributed by atoms with Gasteiger partial charge in [0, 0.05) is 31.0 Å². The Labute approximate surface area is 164 Å². The van der Waals surface area contributed by atoms with Crippen LogP contribution in [0, 0.1) is 12.7 Å². The Kier molecular flexibility index (Phi) is 3.95. The second kappa shape index (κ2) is 6.52. The molecule has 3 aromatic heterocycles. The molecule has 148 valence electrons. The van der Waals surface area contributed by atoms with Gasteiger partial charge in [-0.1, -0.05) is 0 Å². The van der Waals surface area contributed by atoms with Gasteiger partial charge in [-0.05, 0) is 13.0 Å². The maximum absolute atomic E-state index is 14.9. The number of nitrogens with zero attached hydrogens (tertiary/aromatic N) is 4. The lowest BCUT2D eigenvalue weighted by molar-refractivity contribution is 0.203. The lowest BCUT2D eigenvalue weighted by Gasteiger charge is -2.16. The number of aryl methyl sites for hydroxylation is 1. The quantitative estimate of drug-likeness (QED) is 0.481. The number of halogens is 1. The van der Waals surface area contributed by atoms with Crippen LogP contribution < -0.4 is 20.5 Å². The summed E-state index contributed by atoms with van der Waals surface area (Å²) in [5, 5.41) is 4.32. The highest BCUT2D eigenvalue weighted by atomic mass is 19.1. The number of ether oxygens (including phenoxy) is 2. The van der Waals surface area contributed by atoms with Crippen molar-refractivity contribution < 1.29 is 13.9 Å². The molecule has 0 spiro atoms. The van der Waals surface area contributed by atoms with E-state index < -0.39 is 6.10 Å². The third kappa shape index (κ3) is 2.80. The van der Waals surface area contributed by atoms with Crippen molar-refractivity contribution >= 4 is 27.6 Å². The van der Waals surface area contributed by atoms with E-state index in [-0.39, 0.29) is 18.4 Å². The predicted octanol–water partition coefficient (Wildman–Crippen LogP) is 2.44. The molecule has 0 saturated heterocycles. The Balaban J connectivity index is 1.74. The molecule has 1 aromatic carbocycles. The van der Waals surface area contributed by atoms with Gasteiger partial charge in [0.2, 0.25) is 5.88 Å². The topological polar surface area (TPSA) is 124 Å². The molecule has 9 nitrogen and oxygen atoms in total. The van der Waals surface area contributed by atoms with Crippen LogP contribution in [-0.2, 0) is 6.42 Å². The zero-order valence-electron chi connectivity index (χ0n) is 15.8. The molecule has 0 radical (unpaired) electrons. The maximum Gasteiger partial charge on any atom is 0.327 e. The number of rotatable bonds is 4. The van der Waals surface area contributed by atoms with Gasteiger partial charge in [-0.3, -0.25) is 0 Å². The van der Waals surface area contributed by atoms with E-state index >= 15 is 0 Å². The van der Waals surface area contributed by atoms with Crippen LogP contribution in [0.1, 0.15) is 11.4 Å². The molecular weight excluding hydrogens is 377 g/mol. The number of aromatic amines is 1. The van der Waals surface area contributed by atoms with E-state index in [1.807, 2.05) is 0 Å². The molecule has 0 aliphatic carbocycles. The van der Waals surface area contributed by atoms with Gasteiger partial charge in [0.1, 0.15) is 23.4 Å². The number of H-pyrrole nitrogens is 1. The van der Waals surface area contributed by atoms with Gasteiger partial charge in [-0.15, -0.1) is 0 Å². The number of hydrogen-bond donors (Lipinski definition) is 3. The highest BCUT2D eigenvalue weighted by molar-refractivity contribution is 6.14. The summed E-state index contributed by atoms with van der Waals surface area (Å²) in [5.74, 6) is 0.991. The third-order valence-corrected chi connectivity index (χ3v) is 4.94. The minimum atomic E-state index is -0.422. The Morgan fingerprint density at radius 3 is 2.83 bits per heavy atom. The van der Waals surface area contributed by atoms with Crippen molar-refractivity contribution in [3.8, 4) is 17.6 Å². The number of aromatic nitrogens is 5. The van der Waals surface area contributed by atoms with Gasteiger partial charge < -0.3 is 25.5 Å². The summed E-state index contributed by atoms with van der Waals surface area (Å²) >= 11 is 0. The molecule has 1 aliphatic heterocycles. The molecule has 1 unspecified atom stereocenters. The van der Waals surface area contributed by atoms with E-state index in [1.54, 1.807) is 14.0 Å². The molecule has 0 saturated carbocycles. The lowest BCUT2D eigenvalue weighted by atomic mass is 10.0. The summed E-state index contributed by atoms with van der Waals surface area (Å²) < 4.78 is 26.6. The van der Waals surface area contributed by atoms with Crippen molar-refractivity contribution in [2.45, 2.75) is 19.4 Å². The van der Waals surface area contributed by atoms with Crippen LogP contribution in [0.2, 0.25) is 0 Å². The average Bonchev–Trinajstić information content (AvgIpc) is 3.00. The summed E-state index contributed by atoms with van der Waals surface area (Å²) in [4.78, 5) is 20.3. The molecule has 1 atom stereocenters. The predicted molar refractivity (Wildman–Crippen MR) is 105 cm³/mol. The van der Waals surface area contributed by atoms with Gasteiger partial charge in [0.05, 0.1) is 29.0 Å². The van der Waals surface area contributed by atoms with Crippen molar-refractivity contribution in [2.75, 3.05) is 18.9 Å². The van der Waals surface area contributed by atoms with Gasteiger partial charge in [-0.2, -0.15) is 9.97 Å². The van der Waals surface area contributed by atoms with Crippen LogP contribution in [0.3, 0.4) is 0 Å². The van der Waals surface area contributed by atoms with Crippen LogP contribution >= 0.6 is 0 Å². The standard InChI is InChI=1S/C19H18FN7O2/c1-8-23-6-10(7-24-8)29-19-26-17-15-14-11(3-9(5-21)28-18(15)27-19)12(20)4-13(22-2)16(14)25-17/h4,6-7,9,22H,3,5,21H2,1-2H3,(H,25,26,27). The molecule has 0 bridgehead atoms. The number of nitrogens with two attached hydrogens (primary N) is 1. The lowest BCUT2D eigenvalue weighted by Crippen LogP contribution is -2.29. The molecule has 0 amide bonds. The zero-order chi connectivity index (χ0) is 20.1. The van der Waals surface area contributed by atoms with Crippen molar-refractivity contribution in [3.05, 3.63) is 35.7 Å². The second-order valence-corrected chi connectivity index (χ2v) is 6.79. The number of benzene rings is 1. The highest BCUT2D eigenvalue weighted by Gasteiger charge is 2.28. The Hall–Kier alpha value is -3.53. The molecule has 10 heteroatoms. The molecule has 4 N–H and O–H groups in total. The van der Waals surface area contributed by atoms with E-state index in [9.17, 15) is 4.39 Å². The van der Waals surface area contributed by atoms with E-state index in [0.717, 1.165) is 5.52 Å². The van der Waals surface area contributed by atoms with Gasteiger partial charge in [0.25, 0.3) is 0 Å². The largest absolute Gasteiger partial charge is 0.472 e. The van der Waals surface area contributed by atoms with Gasteiger partial charge in [-0.25, -0.2) is 14.4 Å². The molecule has 0 fully saturated rings. The summed E-state index contributed by atoms with van der Waals surface area (Å²) in [6.45, 7) is 2.00. The maximum atomic E-state index is 14.9. The monoisotopic (exact) mass is 395 g/mol. The van der Waals surface area contributed by atoms with Crippen LogP contribution in [-0.4, -0.2) is 44.6 Å². The molecule has 4 aromatic rings. The molecule has 4 heterocycles. The van der Waals surface area contributed by atoms with Crippen molar-refractivity contribution in [1.29, 1.82) is 0 Å². The first-order chi connectivity index (χ1) is 14.1. The number of nitrogens with one attached hydrogen (secondary N) is 2. The fourth-order valence-corrected chi connectivity index (χ4v) is 3.58. The first-order valence-corrected chi connectivity index (χ1v) is 9.13. The van der Waals surface area contributed by atoms with E-state index in [0.29, 0.717) is 51.5 Å². The van der Waals surface area contributed by atoms with Crippen molar-refractivity contribution in [2.24, 2.45) is 5.73 Å². The van der Waals surface area contributed by atoms with Gasteiger partial charge in [0.15, 0.2) is 5.75 Å². The first-order valence-electron chi connectivity index (χ1n) is 9.13. The number of hydrogen-bond acceptors (Lipinski definition) is 8. The van der Waals surface area contributed by atoms with Crippen LogP contribution in [0.5, 0.6) is 17.6 Å². The smallest absolute Gasteiger partial charge is 0.327 e. The Morgan fingerprint density at radius 1 is 1.31 bits per heavy atom. The molecule has 5 rings (SSSR count). The summed E-state index contributed by atoms with van der Waals surface area (Å²) in [6.07, 6.45) is 2.98. The number of anilines is 1. The zero-order valence-corrected chi connectivity index (χ0v) is 15.8. The van der Waals surface area contributed by atoms with E-state index in [1.165, 1.54) is 18.5 Å². The Bertz CT molecular complexity index is 1240. The molecule has 1 aliphatic rings. The molecular formula is C19H18FN7O2. The van der Waals surface area contributed by atoms with Crippen LogP contribution in [0.15, 0.2) is 18.5 Å². The SMILES string of the molecule is CNc1cc(F)c2c3c1[nH]c1nc(Oc4cnc(C)nc4)nc(c13)OC(CN)C2. The molecule has 29 heavy (non-hydrogen) atoms. The highest BCUT2D eigenvalue weighted by Crippen LogP contribution is 2.41. The van der Waals surface area contributed by atoms with Crippen LogP contribution in [0.4, 0.5) is 10.1 Å².